The van der Waals surface area contributed by atoms with Crippen LogP contribution in [0.3, 0.4) is 0 Å². The molecule has 0 saturated heterocycles. The molecule has 166 valence electrons. The zero-order valence-corrected chi connectivity index (χ0v) is 18.5. The summed E-state index contributed by atoms with van der Waals surface area (Å²) in [5.74, 6) is 1.17. The molecule has 1 aliphatic rings. The van der Waals surface area contributed by atoms with E-state index >= 15 is 0 Å². The predicted molar refractivity (Wildman–Crippen MR) is 124 cm³/mol. The number of nitrogens with one attached hydrogen (secondary N) is 3. The van der Waals surface area contributed by atoms with Gasteiger partial charge in [0, 0.05) is 22.7 Å². The highest BCUT2D eigenvalue weighted by Crippen LogP contribution is 2.25. The number of anilines is 1. The molecule has 1 heterocycles. The monoisotopic (exact) mass is 450 g/mol. The number of nitrogens with zero attached hydrogens (tertiary/aromatic N) is 3. The van der Waals surface area contributed by atoms with Crippen molar-refractivity contribution >= 4 is 29.3 Å². The Hall–Kier alpha value is -3.20. The largest absolute Gasteiger partial charge is 0.355 e. The molecule has 1 fully saturated rings. The van der Waals surface area contributed by atoms with Crippen molar-refractivity contribution in [1.82, 2.24) is 25.9 Å². The molecular weight excluding hydrogens is 424 g/mol. The molecule has 0 aliphatic heterocycles. The fourth-order valence-corrected chi connectivity index (χ4v) is 4.69. The van der Waals surface area contributed by atoms with Crippen LogP contribution in [0.1, 0.15) is 42.5 Å². The number of benzene rings is 2. The minimum absolute atomic E-state index is 0.00726. The molecular formula is C23H26N6O2S. The molecule has 32 heavy (non-hydrogen) atoms. The van der Waals surface area contributed by atoms with E-state index in [0.29, 0.717) is 23.0 Å². The molecule has 8 nitrogen and oxygen atoms in total. The minimum atomic E-state index is -0.219. The summed E-state index contributed by atoms with van der Waals surface area (Å²) < 4.78 is 0. The number of carbonyl (C=O) groups is 2. The zero-order valence-electron chi connectivity index (χ0n) is 17.7. The van der Waals surface area contributed by atoms with Gasteiger partial charge in [-0.15, -0.1) is 22.0 Å². The molecule has 3 aromatic rings. The third-order valence-corrected chi connectivity index (χ3v) is 6.62. The number of tetrazole rings is 1. The van der Waals surface area contributed by atoms with Crippen LogP contribution in [0.15, 0.2) is 53.4 Å². The standard InChI is InChI=1S/C23H26N6O2S/c30-21(24-14-16-6-2-1-3-7-16)15-32-20-9-5-4-8-19(20)23(31)25-18-12-10-17(11-13-18)22-26-28-29-27-22/h4-5,8-13,16H,1-3,6-7,14-15H2,(H,24,30)(H,25,31)(H,26,27,28,29). The van der Waals surface area contributed by atoms with Gasteiger partial charge in [-0.1, -0.05) is 31.4 Å². The highest BCUT2D eigenvalue weighted by molar-refractivity contribution is 8.00. The highest BCUT2D eigenvalue weighted by Gasteiger charge is 2.16. The summed E-state index contributed by atoms with van der Waals surface area (Å²) in [6, 6.07) is 14.5. The minimum Gasteiger partial charge on any atom is -0.355 e. The van der Waals surface area contributed by atoms with E-state index in [2.05, 4.69) is 31.3 Å². The van der Waals surface area contributed by atoms with Gasteiger partial charge in [-0.2, -0.15) is 5.21 Å². The summed E-state index contributed by atoms with van der Waals surface area (Å²) in [5, 5.41) is 19.8. The summed E-state index contributed by atoms with van der Waals surface area (Å²) in [5.41, 5.74) is 2.00. The zero-order chi connectivity index (χ0) is 22.2. The van der Waals surface area contributed by atoms with E-state index in [1.165, 1.54) is 43.9 Å². The van der Waals surface area contributed by atoms with Gasteiger partial charge < -0.3 is 10.6 Å². The van der Waals surface area contributed by atoms with Crippen LogP contribution in [0, 0.1) is 5.92 Å². The summed E-state index contributed by atoms with van der Waals surface area (Å²) >= 11 is 1.38. The van der Waals surface area contributed by atoms with Gasteiger partial charge in [-0.25, -0.2) is 0 Å². The lowest BCUT2D eigenvalue weighted by molar-refractivity contribution is -0.118. The second-order valence-electron chi connectivity index (χ2n) is 7.86. The Morgan fingerprint density at radius 2 is 1.81 bits per heavy atom. The van der Waals surface area contributed by atoms with E-state index in [-0.39, 0.29) is 17.6 Å². The summed E-state index contributed by atoms with van der Waals surface area (Å²) in [7, 11) is 0. The van der Waals surface area contributed by atoms with Gasteiger partial charge in [0.2, 0.25) is 11.7 Å². The van der Waals surface area contributed by atoms with Crippen LogP contribution in [-0.2, 0) is 4.79 Å². The number of amides is 2. The fraction of sp³-hybridized carbons (Fsp3) is 0.348. The van der Waals surface area contributed by atoms with E-state index in [1.54, 1.807) is 18.2 Å². The molecule has 1 saturated carbocycles. The Morgan fingerprint density at radius 3 is 2.56 bits per heavy atom. The Labute approximate surface area is 191 Å². The Balaban J connectivity index is 1.32. The van der Waals surface area contributed by atoms with Gasteiger partial charge in [-0.05, 0) is 60.4 Å². The molecule has 0 bridgehead atoms. The van der Waals surface area contributed by atoms with Crippen molar-refractivity contribution < 1.29 is 9.59 Å². The van der Waals surface area contributed by atoms with E-state index in [1.807, 2.05) is 30.3 Å². The molecule has 0 spiro atoms. The Bertz CT molecular complexity index is 1030. The van der Waals surface area contributed by atoms with Crippen molar-refractivity contribution in [3.63, 3.8) is 0 Å². The van der Waals surface area contributed by atoms with E-state index in [0.717, 1.165) is 17.0 Å². The van der Waals surface area contributed by atoms with Crippen molar-refractivity contribution in [3.05, 3.63) is 54.1 Å². The predicted octanol–water partition coefficient (Wildman–Crippen LogP) is 3.91. The lowest BCUT2D eigenvalue weighted by Crippen LogP contribution is -2.31. The molecule has 3 N–H and O–H groups in total. The van der Waals surface area contributed by atoms with Crippen LogP contribution in [0.4, 0.5) is 5.69 Å². The van der Waals surface area contributed by atoms with Gasteiger partial charge in [0.1, 0.15) is 0 Å². The van der Waals surface area contributed by atoms with Gasteiger partial charge in [-0.3, -0.25) is 9.59 Å². The third-order valence-electron chi connectivity index (χ3n) is 5.55. The molecule has 1 aliphatic carbocycles. The van der Waals surface area contributed by atoms with E-state index in [9.17, 15) is 9.59 Å². The number of thioether (sulfide) groups is 1. The van der Waals surface area contributed by atoms with Gasteiger partial charge in [0.25, 0.3) is 5.91 Å². The number of H-pyrrole nitrogens is 1. The first-order valence-electron chi connectivity index (χ1n) is 10.8. The van der Waals surface area contributed by atoms with Gasteiger partial charge in [0.15, 0.2) is 0 Å². The summed E-state index contributed by atoms with van der Waals surface area (Å²) in [6.45, 7) is 0.751. The smallest absolute Gasteiger partial charge is 0.256 e. The SMILES string of the molecule is O=C(CSc1ccccc1C(=O)Nc1ccc(-c2nn[nH]n2)cc1)NCC1CCCCC1. The molecule has 2 amide bonds. The van der Waals surface area contributed by atoms with Crippen LogP contribution >= 0.6 is 11.8 Å². The van der Waals surface area contributed by atoms with Crippen molar-refractivity contribution in [1.29, 1.82) is 0 Å². The molecule has 0 unspecified atom stereocenters. The van der Waals surface area contributed by atoms with Crippen molar-refractivity contribution in [2.75, 3.05) is 17.6 Å². The van der Waals surface area contributed by atoms with Gasteiger partial charge >= 0.3 is 0 Å². The number of aromatic nitrogens is 4. The quantitative estimate of drug-likeness (QED) is 0.449. The van der Waals surface area contributed by atoms with E-state index in [4.69, 9.17) is 0 Å². The van der Waals surface area contributed by atoms with E-state index < -0.39 is 0 Å². The number of hydrogen-bond acceptors (Lipinski definition) is 6. The van der Waals surface area contributed by atoms with Crippen LogP contribution in [0.5, 0.6) is 0 Å². The number of rotatable bonds is 8. The van der Waals surface area contributed by atoms with Crippen LogP contribution < -0.4 is 10.6 Å². The Kier molecular flexibility index (Phi) is 7.50. The number of hydrogen-bond donors (Lipinski definition) is 3. The maximum atomic E-state index is 12.9. The molecule has 4 rings (SSSR count). The maximum absolute atomic E-state index is 12.9. The molecule has 0 radical (unpaired) electrons. The average molecular weight is 451 g/mol. The molecule has 9 heteroatoms. The number of carbonyl (C=O) groups excluding carboxylic acids is 2. The lowest BCUT2D eigenvalue weighted by atomic mass is 9.89. The Morgan fingerprint density at radius 1 is 1.03 bits per heavy atom. The summed E-state index contributed by atoms with van der Waals surface area (Å²) in [4.78, 5) is 26.0. The van der Waals surface area contributed by atoms with Crippen LogP contribution in [0.2, 0.25) is 0 Å². The van der Waals surface area contributed by atoms with Crippen LogP contribution in [-0.4, -0.2) is 44.7 Å². The highest BCUT2D eigenvalue weighted by atomic mass is 32.2. The van der Waals surface area contributed by atoms with Gasteiger partial charge in [0.05, 0.1) is 11.3 Å². The average Bonchev–Trinajstić information content (AvgIpc) is 3.38. The van der Waals surface area contributed by atoms with Crippen molar-refractivity contribution in [2.45, 2.75) is 37.0 Å². The topological polar surface area (TPSA) is 113 Å². The lowest BCUT2D eigenvalue weighted by Gasteiger charge is -2.21. The molecule has 0 atom stereocenters. The first-order chi connectivity index (χ1) is 15.7. The fourth-order valence-electron chi connectivity index (χ4n) is 3.81. The second kappa shape index (κ2) is 10.9. The normalized spacial score (nSPS) is 14.1. The first-order valence-corrected chi connectivity index (χ1v) is 11.8. The van der Waals surface area contributed by atoms with Crippen LogP contribution in [0.25, 0.3) is 11.4 Å². The molecule has 1 aromatic heterocycles. The van der Waals surface area contributed by atoms with Crippen molar-refractivity contribution in [3.8, 4) is 11.4 Å². The maximum Gasteiger partial charge on any atom is 0.256 e. The second-order valence-corrected chi connectivity index (χ2v) is 8.88. The third kappa shape index (κ3) is 5.94. The number of aromatic amines is 1. The molecule has 2 aromatic carbocycles. The first kappa shape index (κ1) is 22.0. The summed E-state index contributed by atoms with van der Waals surface area (Å²) in [6.07, 6.45) is 6.23. The van der Waals surface area contributed by atoms with Crippen molar-refractivity contribution in [2.24, 2.45) is 5.92 Å².